The predicted molar refractivity (Wildman–Crippen MR) is 67.7 cm³/mol. The average molecular weight is 232 g/mol. The largest absolute Gasteiger partial charge is 0.392 e. The van der Waals surface area contributed by atoms with E-state index >= 15 is 0 Å². The van der Waals surface area contributed by atoms with Crippen molar-refractivity contribution in [2.24, 2.45) is 0 Å². The highest BCUT2D eigenvalue weighted by atomic mass is 16.3. The van der Waals surface area contributed by atoms with Gasteiger partial charge in [0.2, 0.25) is 0 Å². The standard InChI is InChI=1S/C14H20N2O/c17-14-8-13-10-15(6-7-16(13)11-14)9-12-4-2-1-3-5-12/h1-5,13-14,17H,6-11H2/t13-,14-/m1/s1. The number of piperazine rings is 1. The van der Waals surface area contributed by atoms with E-state index < -0.39 is 0 Å². The fourth-order valence-corrected chi connectivity index (χ4v) is 3.07. The van der Waals surface area contributed by atoms with E-state index in [1.165, 1.54) is 5.56 Å². The third-order valence-electron chi connectivity index (χ3n) is 3.93. The van der Waals surface area contributed by atoms with E-state index in [9.17, 15) is 5.11 Å². The fraction of sp³-hybridized carbons (Fsp3) is 0.571. The number of hydrogen-bond donors (Lipinski definition) is 1. The molecule has 3 heteroatoms. The predicted octanol–water partition coefficient (Wildman–Crippen LogP) is 0.937. The van der Waals surface area contributed by atoms with Crippen molar-refractivity contribution in [1.29, 1.82) is 0 Å². The van der Waals surface area contributed by atoms with Crippen molar-refractivity contribution in [3.8, 4) is 0 Å². The van der Waals surface area contributed by atoms with Gasteiger partial charge in [-0.25, -0.2) is 0 Å². The van der Waals surface area contributed by atoms with Crippen molar-refractivity contribution in [1.82, 2.24) is 9.80 Å². The van der Waals surface area contributed by atoms with Crippen LogP contribution in [0, 0.1) is 0 Å². The third-order valence-corrected chi connectivity index (χ3v) is 3.93. The van der Waals surface area contributed by atoms with E-state index in [4.69, 9.17) is 0 Å². The van der Waals surface area contributed by atoms with Crippen molar-refractivity contribution in [3.05, 3.63) is 35.9 Å². The quantitative estimate of drug-likeness (QED) is 0.822. The topological polar surface area (TPSA) is 26.7 Å². The van der Waals surface area contributed by atoms with Crippen LogP contribution in [-0.2, 0) is 6.54 Å². The molecule has 2 atom stereocenters. The second-order valence-corrected chi connectivity index (χ2v) is 5.26. The van der Waals surface area contributed by atoms with Gasteiger partial charge in [-0.2, -0.15) is 0 Å². The van der Waals surface area contributed by atoms with Crippen LogP contribution in [0.4, 0.5) is 0 Å². The summed E-state index contributed by atoms with van der Waals surface area (Å²) in [5, 5.41) is 9.68. The number of fused-ring (bicyclic) bond motifs is 1. The summed E-state index contributed by atoms with van der Waals surface area (Å²) in [5.74, 6) is 0. The van der Waals surface area contributed by atoms with E-state index in [1.54, 1.807) is 0 Å². The lowest BCUT2D eigenvalue weighted by Crippen LogP contribution is -2.49. The molecule has 0 spiro atoms. The van der Waals surface area contributed by atoms with Gasteiger partial charge in [0.1, 0.15) is 0 Å². The van der Waals surface area contributed by atoms with Gasteiger partial charge in [0.25, 0.3) is 0 Å². The second-order valence-electron chi connectivity index (χ2n) is 5.26. The van der Waals surface area contributed by atoms with Crippen LogP contribution in [0.3, 0.4) is 0 Å². The number of aliphatic hydroxyl groups is 1. The molecule has 92 valence electrons. The Balaban J connectivity index is 1.60. The molecule has 0 bridgehead atoms. The van der Waals surface area contributed by atoms with Gasteiger partial charge in [0.05, 0.1) is 6.10 Å². The summed E-state index contributed by atoms with van der Waals surface area (Å²) < 4.78 is 0. The van der Waals surface area contributed by atoms with Crippen LogP contribution >= 0.6 is 0 Å². The molecule has 0 radical (unpaired) electrons. The first kappa shape index (κ1) is 11.2. The molecule has 3 rings (SSSR count). The third kappa shape index (κ3) is 2.51. The Labute approximate surface area is 103 Å². The summed E-state index contributed by atoms with van der Waals surface area (Å²) in [6, 6.07) is 11.2. The molecule has 1 aromatic carbocycles. The minimum atomic E-state index is -0.100. The van der Waals surface area contributed by atoms with Gasteiger partial charge in [-0.05, 0) is 12.0 Å². The van der Waals surface area contributed by atoms with Gasteiger partial charge in [-0.1, -0.05) is 30.3 Å². The molecule has 2 aliphatic heterocycles. The van der Waals surface area contributed by atoms with Gasteiger partial charge in [0, 0.05) is 38.8 Å². The first-order chi connectivity index (χ1) is 8.31. The summed E-state index contributed by atoms with van der Waals surface area (Å²) in [7, 11) is 0. The van der Waals surface area contributed by atoms with E-state index in [2.05, 4.69) is 40.1 Å². The van der Waals surface area contributed by atoms with Crippen LogP contribution in [0.5, 0.6) is 0 Å². The minimum absolute atomic E-state index is 0.100. The van der Waals surface area contributed by atoms with Crippen molar-refractivity contribution in [2.45, 2.75) is 25.1 Å². The number of aliphatic hydroxyl groups excluding tert-OH is 1. The van der Waals surface area contributed by atoms with Crippen LogP contribution in [-0.4, -0.2) is 53.2 Å². The zero-order valence-corrected chi connectivity index (χ0v) is 10.1. The maximum atomic E-state index is 9.68. The summed E-state index contributed by atoms with van der Waals surface area (Å²) in [4.78, 5) is 4.95. The molecule has 0 aromatic heterocycles. The Hall–Kier alpha value is -0.900. The van der Waals surface area contributed by atoms with Crippen LogP contribution < -0.4 is 0 Å². The summed E-state index contributed by atoms with van der Waals surface area (Å²) >= 11 is 0. The number of hydrogen-bond acceptors (Lipinski definition) is 3. The molecule has 1 aromatic rings. The van der Waals surface area contributed by atoms with Crippen molar-refractivity contribution >= 4 is 0 Å². The number of rotatable bonds is 2. The molecular formula is C14H20N2O. The molecule has 17 heavy (non-hydrogen) atoms. The SMILES string of the molecule is O[C@@H]1C[C@@H]2CN(Cc3ccccc3)CCN2C1. The first-order valence-corrected chi connectivity index (χ1v) is 6.49. The molecule has 2 aliphatic rings. The Morgan fingerprint density at radius 3 is 2.76 bits per heavy atom. The van der Waals surface area contributed by atoms with Gasteiger partial charge in [-0.3, -0.25) is 9.80 Å². The lowest BCUT2D eigenvalue weighted by molar-refractivity contribution is 0.0972. The molecule has 2 fully saturated rings. The molecule has 0 amide bonds. The van der Waals surface area contributed by atoms with Crippen LogP contribution in [0.15, 0.2) is 30.3 Å². The highest BCUT2D eigenvalue weighted by Crippen LogP contribution is 2.22. The smallest absolute Gasteiger partial charge is 0.0682 e. The molecule has 0 aliphatic carbocycles. The van der Waals surface area contributed by atoms with E-state index in [1.807, 2.05) is 0 Å². The van der Waals surface area contributed by atoms with Crippen molar-refractivity contribution in [2.75, 3.05) is 26.2 Å². The van der Waals surface area contributed by atoms with E-state index in [0.29, 0.717) is 6.04 Å². The summed E-state index contributed by atoms with van der Waals surface area (Å²) in [5.41, 5.74) is 1.39. The Kier molecular flexibility index (Phi) is 3.14. The van der Waals surface area contributed by atoms with E-state index in [0.717, 1.165) is 39.1 Å². The van der Waals surface area contributed by atoms with Crippen LogP contribution in [0.2, 0.25) is 0 Å². The lowest BCUT2D eigenvalue weighted by atomic mass is 10.1. The molecule has 0 saturated carbocycles. The zero-order chi connectivity index (χ0) is 11.7. The van der Waals surface area contributed by atoms with Crippen LogP contribution in [0.25, 0.3) is 0 Å². The van der Waals surface area contributed by atoms with Gasteiger partial charge in [-0.15, -0.1) is 0 Å². The van der Waals surface area contributed by atoms with Crippen LogP contribution in [0.1, 0.15) is 12.0 Å². The average Bonchev–Trinajstić information content (AvgIpc) is 2.70. The fourth-order valence-electron chi connectivity index (χ4n) is 3.07. The van der Waals surface area contributed by atoms with Gasteiger partial charge in [0.15, 0.2) is 0 Å². The highest BCUT2D eigenvalue weighted by Gasteiger charge is 2.34. The Morgan fingerprint density at radius 1 is 1.12 bits per heavy atom. The monoisotopic (exact) mass is 232 g/mol. The van der Waals surface area contributed by atoms with Gasteiger partial charge < -0.3 is 5.11 Å². The molecule has 2 heterocycles. The van der Waals surface area contributed by atoms with Gasteiger partial charge >= 0.3 is 0 Å². The molecule has 2 saturated heterocycles. The number of nitrogens with zero attached hydrogens (tertiary/aromatic N) is 2. The summed E-state index contributed by atoms with van der Waals surface area (Å²) in [6.07, 6.45) is 0.849. The molecule has 3 nitrogen and oxygen atoms in total. The minimum Gasteiger partial charge on any atom is -0.392 e. The summed E-state index contributed by atoms with van der Waals surface area (Å²) in [6.45, 7) is 5.25. The Bertz CT molecular complexity index is 368. The Morgan fingerprint density at radius 2 is 1.94 bits per heavy atom. The zero-order valence-electron chi connectivity index (χ0n) is 10.1. The molecule has 0 unspecified atom stereocenters. The first-order valence-electron chi connectivity index (χ1n) is 6.49. The van der Waals surface area contributed by atoms with E-state index in [-0.39, 0.29) is 6.10 Å². The highest BCUT2D eigenvalue weighted by molar-refractivity contribution is 5.14. The second kappa shape index (κ2) is 4.77. The normalized spacial score (nSPS) is 30.4. The van der Waals surface area contributed by atoms with Crippen molar-refractivity contribution in [3.63, 3.8) is 0 Å². The number of benzene rings is 1. The van der Waals surface area contributed by atoms with Crippen molar-refractivity contribution < 1.29 is 5.11 Å². The lowest BCUT2D eigenvalue weighted by Gasteiger charge is -2.37. The molecular weight excluding hydrogens is 212 g/mol. The molecule has 1 N–H and O–H groups in total. The maximum absolute atomic E-state index is 9.68. The maximum Gasteiger partial charge on any atom is 0.0682 e.